The average Bonchev–Trinajstić information content (AvgIpc) is 3.24. The van der Waals surface area contributed by atoms with E-state index in [-0.39, 0.29) is 18.6 Å². The van der Waals surface area contributed by atoms with Crippen molar-refractivity contribution in [2.75, 3.05) is 31.1 Å². The van der Waals surface area contributed by atoms with Crippen LogP contribution in [0.2, 0.25) is 10.0 Å². The quantitative estimate of drug-likeness (QED) is 0.630. The van der Waals surface area contributed by atoms with Crippen molar-refractivity contribution in [3.05, 3.63) is 51.6 Å². The number of hydrogen-bond donors (Lipinski definition) is 2. The van der Waals surface area contributed by atoms with Gasteiger partial charge in [-0.1, -0.05) is 29.3 Å². The highest BCUT2D eigenvalue weighted by atomic mass is 35.5. The Hall–Kier alpha value is -2.71. The second-order valence-electron chi connectivity index (χ2n) is 8.55. The topological polar surface area (TPSA) is 103 Å². The number of carboxylic acids is 1. The highest BCUT2D eigenvalue weighted by Gasteiger charge is 2.37. The number of nitrogens with zero attached hydrogens (tertiary/aromatic N) is 3. The first-order chi connectivity index (χ1) is 15.7. The van der Waals surface area contributed by atoms with E-state index in [9.17, 15) is 19.8 Å². The number of piperidine rings is 1. The number of likely N-dealkylation sites (tertiary alicyclic amines) is 1. The molecule has 2 aliphatic rings. The van der Waals surface area contributed by atoms with Crippen LogP contribution >= 0.6 is 23.2 Å². The number of carbonyl (C=O) groups is 2. The van der Waals surface area contributed by atoms with E-state index in [1.807, 2.05) is 31.2 Å². The Morgan fingerprint density at radius 1 is 1.09 bits per heavy atom. The number of aromatic nitrogens is 1. The number of pyridine rings is 1. The molecular formula is C23H25Cl2N3O5. The van der Waals surface area contributed by atoms with E-state index >= 15 is 0 Å². The van der Waals surface area contributed by atoms with E-state index in [4.69, 9.17) is 27.9 Å². The van der Waals surface area contributed by atoms with Crippen LogP contribution in [0, 0.1) is 12.8 Å². The predicted octanol–water partition coefficient (Wildman–Crippen LogP) is 4.52. The fourth-order valence-corrected chi connectivity index (χ4v) is 5.26. The van der Waals surface area contributed by atoms with Gasteiger partial charge in [0.2, 0.25) is 0 Å². The summed E-state index contributed by atoms with van der Waals surface area (Å²) in [4.78, 5) is 30.8. The molecule has 0 radical (unpaired) electrons. The van der Waals surface area contributed by atoms with E-state index in [0.717, 1.165) is 34.8 Å². The Kier molecular flexibility index (Phi) is 6.86. The zero-order chi connectivity index (χ0) is 23.7. The summed E-state index contributed by atoms with van der Waals surface area (Å²) in [5.41, 5.74) is 1.77. The molecule has 0 spiro atoms. The van der Waals surface area contributed by atoms with Gasteiger partial charge in [0.25, 0.3) is 0 Å². The molecule has 176 valence electrons. The standard InChI is InChI=1S/C23H25Cl2N3O5/c1-13-8-18(24)21(19(25)9-13)33-15-4-6-27(11-15)20-3-2-14(10-26-20)16-5-7-28(23(31)32)12-17(16)22(29)30/h2-3,8-10,15-17H,4-7,11-12H2,1H3,(H,29,30)(H,31,32)/t15-,16+,17-/m0/s1. The first-order valence-electron chi connectivity index (χ1n) is 10.8. The SMILES string of the molecule is Cc1cc(Cl)c(O[C@H]2CCN(c3ccc([C@H]4CCN(C(=O)O)C[C@@H]4C(=O)O)cn3)C2)c(Cl)c1. The summed E-state index contributed by atoms with van der Waals surface area (Å²) in [5, 5.41) is 19.8. The lowest BCUT2D eigenvalue weighted by molar-refractivity contribution is -0.144. The van der Waals surface area contributed by atoms with Gasteiger partial charge in [-0.25, -0.2) is 9.78 Å². The number of carboxylic acid groups (broad SMARTS) is 2. The van der Waals surface area contributed by atoms with E-state index in [1.165, 1.54) is 0 Å². The summed E-state index contributed by atoms with van der Waals surface area (Å²) in [6, 6.07) is 7.41. The number of aliphatic carboxylic acids is 1. The van der Waals surface area contributed by atoms with Crippen molar-refractivity contribution in [1.82, 2.24) is 9.88 Å². The summed E-state index contributed by atoms with van der Waals surface area (Å²) in [6.45, 7) is 3.59. The van der Waals surface area contributed by atoms with E-state index < -0.39 is 18.0 Å². The number of anilines is 1. The highest BCUT2D eigenvalue weighted by Crippen LogP contribution is 2.37. The van der Waals surface area contributed by atoms with Gasteiger partial charge < -0.3 is 24.7 Å². The molecule has 2 aliphatic heterocycles. The van der Waals surface area contributed by atoms with Crippen molar-refractivity contribution < 1.29 is 24.5 Å². The molecule has 33 heavy (non-hydrogen) atoms. The van der Waals surface area contributed by atoms with Gasteiger partial charge in [0, 0.05) is 38.2 Å². The van der Waals surface area contributed by atoms with E-state index in [2.05, 4.69) is 9.88 Å². The number of ether oxygens (including phenoxy) is 1. The molecule has 10 heteroatoms. The third kappa shape index (κ3) is 5.12. The van der Waals surface area contributed by atoms with Gasteiger partial charge >= 0.3 is 12.1 Å². The molecule has 3 atom stereocenters. The molecule has 1 aromatic heterocycles. The molecule has 0 unspecified atom stereocenters. The van der Waals surface area contributed by atoms with Gasteiger partial charge in [0.1, 0.15) is 11.9 Å². The van der Waals surface area contributed by atoms with Crippen LogP contribution in [0.15, 0.2) is 30.5 Å². The molecule has 2 N–H and O–H groups in total. The van der Waals surface area contributed by atoms with Crippen molar-refractivity contribution >= 4 is 41.1 Å². The van der Waals surface area contributed by atoms with Crippen LogP contribution in [-0.2, 0) is 4.79 Å². The number of hydrogen-bond acceptors (Lipinski definition) is 5. The number of amides is 1. The monoisotopic (exact) mass is 493 g/mol. The molecule has 0 aliphatic carbocycles. The van der Waals surface area contributed by atoms with Crippen LogP contribution in [0.5, 0.6) is 5.75 Å². The van der Waals surface area contributed by atoms with Crippen LogP contribution < -0.4 is 9.64 Å². The summed E-state index contributed by atoms with van der Waals surface area (Å²) in [5.74, 6) is -0.800. The Balaban J connectivity index is 1.42. The second-order valence-corrected chi connectivity index (χ2v) is 9.36. The number of rotatable bonds is 5. The molecule has 1 amide bonds. The molecule has 4 rings (SSSR count). The molecule has 2 saturated heterocycles. The molecule has 8 nitrogen and oxygen atoms in total. The molecule has 1 aromatic carbocycles. The van der Waals surface area contributed by atoms with E-state index in [0.29, 0.717) is 35.3 Å². The number of aryl methyl sites for hydroxylation is 1. The fraction of sp³-hybridized carbons (Fsp3) is 0.435. The second kappa shape index (κ2) is 9.65. The van der Waals surface area contributed by atoms with Crippen molar-refractivity contribution in [3.63, 3.8) is 0 Å². The zero-order valence-electron chi connectivity index (χ0n) is 18.1. The maximum atomic E-state index is 11.8. The Morgan fingerprint density at radius 2 is 1.82 bits per heavy atom. The van der Waals surface area contributed by atoms with Crippen LogP contribution in [0.25, 0.3) is 0 Å². The molecule has 0 saturated carbocycles. The predicted molar refractivity (Wildman–Crippen MR) is 125 cm³/mol. The summed E-state index contributed by atoms with van der Waals surface area (Å²) in [6.07, 6.45) is 1.77. The van der Waals surface area contributed by atoms with Crippen molar-refractivity contribution in [3.8, 4) is 5.75 Å². The minimum absolute atomic E-state index is 0.0215. The maximum Gasteiger partial charge on any atom is 0.407 e. The largest absolute Gasteiger partial charge is 0.485 e. The Bertz CT molecular complexity index is 1030. The molecule has 2 aromatic rings. The minimum Gasteiger partial charge on any atom is -0.485 e. The molecule has 2 fully saturated rings. The molecule has 3 heterocycles. The molecule has 0 bridgehead atoms. The third-order valence-corrected chi connectivity index (χ3v) is 6.86. The minimum atomic E-state index is -1.09. The third-order valence-electron chi connectivity index (χ3n) is 6.30. The fourth-order valence-electron chi connectivity index (χ4n) is 4.58. The average molecular weight is 494 g/mol. The van der Waals surface area contributed by atoms with Gasteiger partial charge in [-0.3, -0.25) is 4.79 Å². The first kappa shape index (κ1) is 23.4. The summed E-state index contributed by atoms with van der Waals surface area (Å²) in [7, 11) is 0. The summed E-state index contributed by atoms with van der Waals surface area (Å²) < 4.78 is 6.08. The lowest BCUT2D eigenvalue weighted by atomic mass is 9.81. The van der Waals surface area contributed by atoms with Gasteiger partial charge in [-0.15, -0.1) is 0 Å². The number of benzene rings is 1. The van der Waals surface area contributed by atoms with Gasteiger partial charge in [-0.2, -0.15) is 0 Å². The highest BCUT2D eigenvalue weighted by molar-refractivity contribution is 6.37. The van der Waals surface area contributed by atoms with E-state index in [1.54, 1.807) is 6.20 Å². The smallest absolute Gasteiger partial charge is 0.407 e. The Labute approximate surface area is 201 Å². The van der Waals surface area contributed by atoms with Crippen LogP contribution in [0.1, 0.15) is 29.9 Å². The van der Waals surface area contributed by atoms with Crippen LogP contribution in [0.3, 0.4) is 0 Å². The van der Waals surface area contributed by atoms with Crippen molar-refractivity contribution in [1.29, 1.82) is 0 Å². The molecular weight excluding hydrogens is 469 g/mol. The van der Waals surface area contributed by atoms with Crippen LogP contribution in [0.4, 0.5) is 10.6 Å². The van der Waals surface area contributed by atoms with Crippen LogP contribution in [-0.4, -0.2) is 64.4 Å². The summed E-state index contributed by atoms with van der Waals surface area (Å²) >= 11 is 12.6. The first-order valence-corrected chi connectivity index (χ1v) is 11.5. The Morgan fingerprint density at radius 3 is 2.42 bits per heavy atom. The normalized spacial score (nSPS) is 22.9. The maximum absolute atomic E-state index is 11.8. The van der Waals surface area contributed by atoms with Crippen molar-refractivity contribution in [2.24, 2.45) is 5.92 Å². The number of halogens is 2. The van der Waals surface area contributed by atoms with Gasteiger partial charge in [0.05, 0.1) is 22.5 Å². The van der Waals surface area contributed by atoms with Crippen molar-refractivity contribution in [2.45, 2.75) is 31.8 Å². The lowest BCUT2D eigenvalue weighted by Crippen LogP contribution is -2.45. The van der Waals surface area contributed by atoms with Gasteiger partial charge in [0.15, 0.2) is 5.75 Å². The zero-order valence-corrected chi connectivity index (χ0v) is 19.6. The van der Waals surface area contributed by atoms with Gasteiger partial charge in [-0.05, 0) is 42.7 Å². The lowest BCUT2D eigenvalue weighted by Gasteiger charge is -2.35.